The number of carbonyl (C=O) groups excluding carboxylic acids is 1. The minimum absolute atomic E-state index is 0.429. The first-order valence-corrected chi connectivity index (χ1v) is 3.60. The van der Waals surface area contributed by atoms with Crippen molar-refractivity contribution in [3.8, 4) is 0 Å². The minimum Gasteiger partial charge on any atom is -0.384 e. The van der Waals surface area contributed by atoms with Crippen molar-refractivity contribution >= 4 is 11.7 Å². The van der Waals surface area contributed by atoms with E-state index in [-0.39, 0.29) is 0 Å². The smallest absolute Gasteiger partial charge is 0.254 e. The van der Waals surface area contributed by atoms with E-state index in [0.717, 1.165) is 5.69 Å². The number of nitrogens with zero attached hydrogens (tertiary/aromatic N) is 1. The average molecular weight is 169 g/mol. The lowest BCUT2D eigenvalue weighted by molar-refractivity contribution is -0.123. The van der Waals surface area contributed by atoms with Gasteiger partial charge in [-0.25, -0.2) is 0 Å². The van der Waals surface area contributed by atoms with Crippen LogP contribution in [0.5, 0.6) is 0 Å². The Morgan fingerprint density at radius 1 is 1.83 bits per heavy atom. The summed E-state index contributed by atoms with van der Waals surface area (Å²) in [5.74, 6) is -0.0279. The number of aromatic nitrogens is 2. The van der Waals surface area contributed by atoms with Gasteiger partial charge in [0, 0.05) is 11.8 Å². The van der Waals surface area contributed by atoms with Crippen molar-refractivity contribution in [2.75, 3.05) is 5.32 Å². The molecule has 66 valence electrons. The van der Waals surface area contributed by atoms with Crippen molar-refractivity contribution < 1.29 is 9.90 Å². The highest BCUT2D eigenvalue weighted by molar-refractivity contribution is 5.92. The van der Waals surface area contributed by atoms with Gasteiger partial charge in [-0.15, -0.1) is 0 Å². The molecule has 1 rings (SSSR count). The van der Waals surface area contributed by atoms with E-state index in [0.29, 0.717) is 5.82 Å². The van der Waals surface area contributed by atoms with E-state index in [2.05, 4.69) is 15.5 Å². The zero-order valence-electron chi connectivity index (χ0n) is 6.96. The summed E-state index contributed by atoms with van der Waals surface area (Å²) in [6.45, 7) is 3.22. The first-order chi connectivity index (χ1) is 5.59. The molecule has 1 aromatic heterocycles. The third kappa shape index (κ3) is 2.06. The van der Waals surface area contributed by atoms with Crippen molar-refractivity contribution in [1.82, 2.24) is 10.2 Å². The second-order valence-corrected chi connectivity index (χ2v) is 2.60. The minimum atomic E-state index is -1.01. The van der Waals surface area contributed by atoms with Crippen LogP contribution in [0.2, 0.25) is 0 Å². The summed E-state index contributed by atoms with van der Waals surface area (Å²) < 4.78 is 0. The number of hydrogen-bond donors (Lipinski definition) is 3. The van der Waals surface area contributed by atoms with Crippen LogP contribution in [-0.4, -0.2) is 27.3 Å². The molecule has 5 nitrogen and oxygen atoms in total. The molecular formula is C7H11N3O2. The summed E-state index contributed by atoms with van der Waals surface area (Å²) in [6, 6.07) is 1.68. The van der Waals surface area contributed by atoms with Crippen LogP contribution in [0.1, 0.15) is 12.6 Å². The second-order valence-electron chi connectivity index (χ2n) is 2.60. The fourth-order valence-corrected chi connectivity index (χ4v) is 0.713. The molecule has 0 radical (unpaired) electrons. The van der Waals surface area contributed by atoms with Crippen molar-refractivity contribution in [3.05, 3.63) is 11.8 Å². The van der Waals surface area contributed by atoms with Crippen molar-refractivity contribution in [1.29, 1.82) is 0 Å². The lowest BCUT2D eigenvalue weighted by Crippen LogP contribution is -2.24. The summed E-state index contributed by atoms with van der Waals surface area (Å²) in [5, 5.41) is 17.7. The van der Waals surface area contributed by atoms with E-state index in [4.69, 9.17) is 5.11 Å². The van der Waals surface area contributed by atoms with Gasteiger partial charge in [0.25, 0.3) is 5.91 Å². The van der Waals surface area contributed by atoms with Crippen LogP contribution in [0.25, 0.3) is 0 Å². The number of amides is 1. The Kier molecular flexibility index (Phi) is 2.44. The van der Waals surface area contributed by atoms with Crippen LogP contribution >= 0.6 is 0 Å². The fraction of sp³-hybridized carbons (Fsp3) is 0.429. The van der Waals surface area contributed by atoms with E-state index < -0.39 is 12.0 Å². The number of rotatable bonds is 2. The molecule has 0 fully saturated rings. The third-order valence-electron chi connectivity index (χ3n) is 1.34. The van der Waals surface area contributed by atoms with Gasteiger partial charge in [-0.2, -0.15) is 5.10 Å². The van der Waals surface area contributed by atoms with E-state index >= 15 is 0 Å². The molecule has 0 aliphatic heterocycles. The predicted molar refractivity (Wildman–Crippen MR) is 43.6 cm³/mol. The molecule has 0 bridgehead atoms. The van der Waals surface area contributed by atoms with Gasteiger partial charge in [-0.1, -0.05) is 0 Å². The van der Waals surface area contributed by atoms with Crippen LogP contribution in [0.4, 0.5) is 5.82 Å². The Hall–Kier alpha value is -1.36. The average Bonchev–Trinajstić information content (AvgIpc) is 2.35. The third-order valence-corrected chi connectivity index (χ3v) is 1.34. The summed E-state index contributed by atoms with van der Waals surface area (Å²) in [5.41, 5.74) is 0.857. The normalized spacial score (nSPS) is 12.6. The highest BCUT2D eigenvalue weighted by Gasteiger charge is 2.09. The quantitative estimate of drug-likeness (QED) is 0.584. The van der Waals surface area contributed by atoms with Gasteiger partial charge in [0.2, 0.25) is 0 Å². The molecule has 0 saturated carbocycles. The Morgan fingerprint density at radius 3 is 2.92 bits per heavy atom. The Labute approximate surface area is 69.8 Å². The lowest BCUT2D eigenvalue weighted by Gasteiger charge is -2.02. The number of aliphatic hydroxyl groups excluding tert-OH is 1. The molecule has 0 aromatic carbocycles. The van der Waals surface area contributed by atoms with Crippen LogP contribution in [-0.2, 0) is 4.79 Å². The standard InChI is InChI=1S/C7H11N3O2/c1-4-3-6(10-9-4)8-7(12)5(2)11/h3,5,11H,1-2H3,(H2,8,9,10,12). The molecule has 1 atom stereocenters. The molecule has 12 heavy (non-hydrogen) atoms. The summed E-state index contributed by atoms with van der Waals surface area (Å²) in [4.78, 5) is 10.9. The Bertz CT molecular complexity index is 280. The summed E-state index contributed by atoms with van der Waals surface area (Å²) in [7, 11) is 0. The number of carbonyl (C=O) groups is 1. The molecule has 1 heterocycles. The molecule has 1 aromatic rings. The number of H-pyrrole nitrogens is 1. The SMILES string of the molecule is Cc1cc(NC(=O)C(C)O)n[nH]1. The highest BCUT2D eigenvalue weighted by atomic mass is 16.3. The number of anilines is 1. The van der Waals surface area contributed by atoms with Gasteiger partial charge in [0.05, 0.1) is 0 Å². The highest BCUT2D eigenvalue weighted by Crippen LogP contribution is 2.03. The largest absolute Gasteiger partial charge is 0.384 e. The van der Waals surface area contributed by atoms with Gasteiger partial charge in [0.1, 0.15) is 6.10 Å². The van der Waals surface area contributed by atoms with Crippen molar-refractivity contribution in [2.24, 2.45) is 0 Å². The first-order valence-electron chi connectivity index (χ1n) is 3.60. The molecule has 0 aliphatic rings. The number of aliphatic hydroxyl groups is 1. The zero-order valence-corrected chi connectivity index (χ0v) is 6.96. The molecular weight excluding hydrogens is 158 g/mol. The maximum absolute atomic E-state index is 10.9. The fourth-order valence-electron chi connectivity index (χ4n) is 0.713. The summed E-state index contributed by atoms with van der Waals surface area (Å²) in [6.07, 6.45) is -1.01. The Balaban J connectivity index is 2.58. The van der Waals surface area contributed by atoms with E-state index in [1.165, 1.54) is 6.92 Å². The Morgan fingerprint density at radius 2 is 2.50 bits per heavy atom. The molecule has 0 saturated heterocycles. The van der Waals surface area contributed by atoms with Gasteiger partial charge in [-0.05, 0) is 13.8 Å². The lowest BCUT2D eigenvalue weighted by atomic mass is 10.4. The first kappa shape index (κ1) is 8.73. The molecule has 1 unspecified atom stereocenters. The molecule has 0 aliphatic carbocycles. The zero-order chi connectivity index (χ0) is 9.14. The van der Waals surface area contributed by atoms with Crippen LogP contribution in [0.3, 0.4) is 0 Å². The van der Waals surface area contributed by atoms with Crippen LogP contribution < -0.4 is 5.32 Å². The number of hydrogen-bond acceptors (Lipinski definition) is 3. The maximum atomic E-state index is 10.9. The topological polar surface area (TPSA) is 78.0 Å². The second kappa shape index (κ2) is 3.36. The number of nitrogens with one attached hydrogen (secondary N) is 2. The van der Waals surface area contributed by atoms with E-state index in [9.17, 15) is 4.79 Å². The number of aromatic amines is 1. The maximum Gasteiger partial charge on any atom is 0.254 e. The van der Waals surface area contributed by atoms with Crippen molar-refractivity contribution in [2.45, 2.75) is 20.0 Å². The van der Waals surface area contributed by atoms with Gasteiger partial charge < -0.3 is 10.4 Å². The molecule has 3 N–H and O–H groups in total. The van der Waals surface area contributed by atoms with E-state index in [1.54, 1.807) is 6.07 Å². The van der Waals surface area contributed by atoms with Gasteiger partial charge in [0.15, 0.2) is 5.82 Å². The number of aryl methyl sites for hydroxylation is 1. The molecule has 1 amide bonds. The summed E-state index contributed by atoms with van der Waals surface area (Å²) >= 11 is 0. The van der Waals surface area contributed by atoms with E-state index in [1.807, 2.05) is 6.92 Å². The molecule has 0 spiro atoms. The van der Waals surface area contributed by atoms with Crippen LogP contribution in [0.15, 0.2) is 6.07 Å². The van der Waals surface area contributed by atoms with Crippen molar-refractivity contribution in [3.63, 3.8) is 0 Å². The van der Waals surface area contributed by atoms with Gasteiger partial charge in [-0.3, -0.25) is 9.89 Å². The molecule has 5 heteroatoms. The predicted octanol–water partition coefficient (Wildman–Crippen LogP) is 0.0374. The van der Waals surface area contributed by atoms with Gasteiger partial charge >= 0.3 is 0 Å². The van der Waals surface area contributed by atoms with Crippen LogP contribution in [0, 0.1) is 6.92 Å². The monoisotopic (exact) mass is 169 g/mol.